The smallest absolute Gasteiger partial charge is 0.464 e. The monoisotopic (exact) mass is 297 g/mol. The van der Waals surface area contributed by atoms with Crippen molar-refractivity contribution in [2.45, 2.75) is 31.4 Å². The van der Waals surface area contributed by atoms with Gasteiger partial charge in [0.25, 0.3) is 0 Å². The quantitative estimate of drug-likeness (QED) is 0.586. The molecule has 5 nitrogen and oxygen atoms in total. The number of aliphatic hydroxyl groups is 1. The van der Waals surface area contributed by atoms with Crippen LogP contribution in [0.15, 0.2) is 0 Å². The number of nitrogens with one attached hydrogen (secondary N) is 1. The van der Waals surface area contributed by atoms with E-state index in [1.54, 1.807) is 0 Å². The van der Waals surface area contributed by atoms with E-state index in [2.05, 4.69) is 4.74 Å². The van der Waals surface area contributed by atoms with Crippen LogP contribution in [0.4, 0.5) is 26.3 Å². The van der Waals surface area contributed by atoms with Crippen molar-refractivity contribution in [1.82, 2.24) is 5.32 Å². The summed E-state index contributed by atoms with van der Waals surface area (Å²) in [5.74, 6) is -4.73. The number of alkyl halides is 6. The first-order chi connectivity index (χ1) is 8.41. The first kappa shape index (κ1) is 17.5. The average Bonchev–Trinajstić information content (AvgIpc) is 2.21. The Morgan fingerprint density at radius 3 is 2.00 bits per heavy atom. The van der Waals surface area contributed by atoms with Crippen LogP contribution in [-0.2, 0) is 14.3 Å². The van der Waals surface area contributed by atoms with E-state index >= 15 is 0 Å². The van der Waals surface area contributed by atoms with Crippen LogP contribution >= 0.6 is 0 Å². The average molecular weight is 297 g/mol. The van der Waals surface area contributed by atoms with E-state index in [9.17, 15) is 35.9 Å². The summed E-state index contributed by atoms with van der Waals surface area (Å²) in [7, 11) is 0. The lowest BCUT2D eigenvalue weighted by atomic mass is 10.1. The molecule has 0 bridgehead atoms. The number of hydrogen-bond acceptors (Lipinski definition) is 4. The summed E-state index contributed by atoms with van der Waals surface area (Å²) >= 11 is 0. The van der Waals surface area contributed by atoms with Gasteiger partial charge in [-0.05, 0) is 6.92 Å². The number of amides is 1. The van der Waals surface area contributed by atoms with Crippen molar-refractivity contribution < 1.29 is 45.8 Å². The molecule has 0 aliphatic heterocycles. The number of rotatable bonds is 4. The molecule has 19 heavy (non-hydrogen) atoms. The molecule has 0 aromatic rings. The normalized spacial score (nSPS) is 15.6. The highest BCUT2D eigenvalue weighted by atomic mass is 19.4. The molecule has 0 rings (SSSR count). The fraction of sp³-hybridized carbons (Fsp3) is 0.750. The summed E-state index contributed by atoms with van der Waals surface area (Å²) in [4.78, 5) is 21.3. The zero-order valence-corrected chi connectivity index (χ0v) is 9.30. The maximum Gasteiger partial charge on any atom is 0.471 e. The Kier molecular flexibility index (Phi) is 5.60. The first-order valence-electron chi connectivity index (χ1n) is 4.70. The van der Waals surface area contributed by atoms with Gasteiger partial charge >= 0.3 is 24.2 Å². The number of aliphatic hydroxyl groups excluding tert-OH is 1. The van der Waals surface area contributed by atoms with Gasteiger partial charge in [-0.15, -0.1) is 0 Å². The largest absolute Gasteiger partial charge is 0.471 e. The highest BCUT2D eigenvalue weighted by molar-refractivity contribution is 5.83. The second-order valence-corrected chi connectivity index (χ2v) is 3.19. The Morgan fingerprint density at radius 1 is 1.21 bits per heavy atom. The van der Waals surface area contributed by atoms with Crippen molar-refractivity contribution in [3.63, 3.8) is 0 Å². The van der Waals surface area contributed by atoms with E-state index in [1.165, 1.54) is 6.92 Å². The van der Waals surface area contributed by atoms with E-state index < -0.39 is 43.0 Å². The van der Waals surface area contributed by atoms with E-state index in [0.717, 1.165) is 0 Å². The summed E-state index contributed by atoms with van der Waals surface area (Å²) < 4.78 is 76.6. The molecule has 2 N–H and O–H groups in total. The predicted molar refractivity (Wildman–Crippen MR) is 46.7 cm³/mol. The molecular weight excluding hydrogens is 288 g/mol. The van der Waals surface area contributed by atoms with E-state index in [4.69, 9.17) is 5.11 Å². The molecule has 112 valence electrons. The maximum atomic E-state index is 12.4. The van der Waals surface area contributed by atoms with Crippen molar-refractivity contribution in [2.24, 2.45) is 0 Å². The minimum atomic E-state index is -5.59. The highest BCUT2D eigenvalue weighted by Gasteiger charge is 2.52. The maximum absolute atomic E-state index is 12.4. The van der Waals surface area contributed by atoms with Crippen LogP contribution in [0.3, 0.4) is 0 Å². The Bertz CT molecular complexity index is 339. The molecule has 1 amide bonds. The standard InChI is InChI=1S/C8H9F6NO4/c1-2-19-5(17)3(16)4(7(9,10)11)15-6(18)8(12,13)14/h3-4,16H,2H2,1H3,(H,15,18)/t3-,4+/m1/s1. The molecule has 0 heterocycles. The van der Waals surface area contributed by atoms with Gasteiger partial charge in [-0.25, -0.2) is 4.79 Å². The molecule has 0 aliphatic rings. The van der Waals surface area contributed by atoms with Crippen molar-refractivity contribution in [3.8, 4) is 0 Å². The minimum Gasteiger partial charge on any atom is -0.464 e. The molecule has 0 spiro atoms. The van der Waals surface area contributed by atoms with Gasteiger partial charge in [0.2, 0.25) is 0 Å². The number of ether oxygens (including phenoxy) is 1. The molecular formula is C8H9F6NO4. The topological polar surface area (TPSA) is 75.6 Å². The van der Waals surface area contributed by atoms with Gasteiger partial charge in [0.1, 0.15) is 0 Å². The van der Waals surface area contributed by atoms with Crippen molar-refractivity contribution >= 4 is 11.9 Å². The number of halogens is 6. The number of carbonyl (C=O) groups excluding carboxylic acids is 2. The van der Waals surface area contributed by atoms with Crippen molar-refractivity contribution in [3.05, 3.63) is 0 Å². The van der Waals surface area contributed by atoms with Gasteiger partial charge in [-0.3, -0.25) is 4.79 Å². The fourth-order valence-electron chi connectivity index (χ4n) is 0.927. The lowest BCUT2D eigenvalue weighted by molar-refractivity contribution is -0.203. The zero-order chi connectivity index (χ0) is 15.4. The lowest BCUT2D eigenvalue weighted by Crippen LogP contribution is -2.58. The van der Waals surface area contributed by atoms with Crippen molar-refractivity contribution in [1.29, 1.82) is 0 Å². The number of hydrogen-bond donors (Lipinski definition) is 2. The molecule has 0 aromatic carbocycles. The Labute approximate surface area is 102 Å². The van der Waals surface area contributed by atoms with Gasteiger partial charge in [-0.1, -0.05) is 0 Å². The Morgan fingerprint density at radius 2 is 1.68 bits per heavy atom. The van der Waals surface area contributed by atoms with Crippen LogP contribution in [0.5, 0.6) is 0 Å². The van der Waals surface area contributed by atoms with E-state index in [-0.39, 0.29) is 0 Å². The zero-order valence-electron chi connectivity index (χ0n) is 9.30. The Hall–Kier alpha value is -1.52. The summed E-state index contributed by atoms with van der Waals surface area (Å²) in [5, 5.41) is 9.48. The van der Waals surface area contributed by atoms with Crippen LogP contribution in [0.2, 0.25) is 0 Å². The lowest BCUT2D eigenvalue weighted by Gasteiger charge is -2.25. The fourth-order valence-corrected chi connectivity index (χ4v) is 0.927. The van der Waals surface area contributed by atoms with Crippen molar-refractivity contribution in [2.75, 3.05) is 6.61 Å². The van der Waals surface area contributed by atoms with Crippen LogP contribution in [0, 0.1) is 0 Å². The van der Waals surface area contributed by atoms with Crippen LogP contribution in [-0.4, -0.2) is 48.1 Å². The summed E-state index contributed by atoms with van der Waals surface area (Å²) in [6.07, 6.45) is -14.0. The molecule has 11 heteroatoms. The molecule has 0 saturated heterocycles. The summed E-state index contributed by atoms with van der Waals surface area (Å²) in [6.45, 7) is 0.815. The molecule has 0 aromatic heterocycles. The summed E-state index contributed by atoms with van der Waals surface area (Å²) in [6, 6.07) is -3.42. The van der Waals surface area contributed by atoms with Crippen LogP contribution in [0.25, 0.3) is 0 Å². The van der Waals surface area contributed by atoms with E-state index in [1.807, 2.05) is 0 Å². The molecule has 0 aliphatic carbocycles. The van der Waals surface area contributed by atoms with Crippen LogP contribution < -0.4 is 5.32 Å². The summed E-state index contributed by atoms with van der Waals surface area (Å²) in [5.41, 5.74) is 0. The van der Waals surface area contributed by atoms with Crippen LogP contribution in [0.1, 0.15) is 6.92 Å². The second kappa shape index (κ2) is 6.08. The molecule has 0 fully saturated rings. The second-order valence-electron chi connectivity index (χ2n) is 3.19. The van der Waals surface area contributed by atoms with Gasteiger partial charge in [0.15, 0.2) is 12.1 Å². The minimum absolute atomic E-state index is 0.395. The third-order valence-corrected chi connectivity index (χ3v) is 1.74. The third kappa shape index (κ3) is 5.32. The molecule has 0 radical (unpaired) electrons. The molecule has 0 saturated carbocycles. The highest BCUT2D eigenvalue weighted by Crippen LogP contribution is 2.25. The van der Waals surface area contributed by atoms with E-state index in [0.29, 0.717) is 5.32 Å². The number of carbonyl (C=O) groups is 2. The molecule has 0 unspecified atom stereocenters. The van der Waals surface area contributed by atoms with Gasteiger partial charge in [0.05, 0.1) is 6.61 Å². The SMILES string of the molecule is CCOC(=O)[C@H](O)[C@H](NC(=O)C(F)(F)F)C(F)(F)F. The molecule has 2 atom stereocenters. The third-order valence-electron chi connectivity index (χ3n) is 1.74. The Balaban J connectivity index is 5.05. The number of esters is 1. The predicted octanol–water partition coefficient (Wildman–Crippen LogP) is 0.520. The first-order valence-corrected chi connectivity index (χ1v) is 4.70. The van der Waals surface area contributed by atoms with Gasteiger partial charge < -0.3 is 15.2 Å². The van der Waals surface area contributed by atoms with Gasteiger partial charge in [0, 0.05) is 0 Å². The van der Waals surface area contributed by atoms with Gasteiger partial charge in [-0.2, -0.15) is 26.3 Å².